The van der Waals surface area contributed by atoms with E-state index in [2.05, 4.69) is 31.1 Å². The predicted molar refractivity (Wildman–Crippen MR) is 65.8 cm³/mol. The maximum Gasteiger partial charge on any atom is 0.416 e. The number of aryl methyl sites for hydroxylation is 1. The van der Waals surface area contributed by atoms with Crippen molar-refractivity contribution in [3.05, 3.63) is 41.5 Å². The quantitative estimate of drug-likeness (QED) is 0.718. The molecule has 0 unspecified atom stereocenters. The first-order chi connectivity index (χ1) is 10.4. The van der Waals surface area contributed by atoms with Crippen LogP contribution in [0.2, 0.25) is 0 Å². The highest BCUT2D eigenvalue weighted by Crippen LogP contribution is 2.29. The van der Waals surface area contributed by atoms with Gasteiger partial charge in [0.2, 0.25) is 0 Å². The number of halogens is 3. The second kappa shape index (κ2) is 5.16. The van der Waals surface area contributed by atoms with Crippen LogP contribution in [0, 0.1) is 6.92 Å². The average molecular weight is 310 g/mol. The number of nitrogens with zero attached hydrogens (tertiary/aromatic N) is 8. The fourth-order valence-electron chi connectivity index (χ4n) is 1.83. The minimum Gasteiger partial charge on any atom is -0.222 e. The Morgan fingerprint density at radius 2 is 1.68 bits per heavy atom. The molecule has 0 spiro atoms. The zero-order chi connectivity index (χ0) is 15.7. The number of benzene rings is 1. The number of alkyl halides is 3. The zero-order valence-electron chi connectivity index (χ0n) is 11.2. The molecule has 2 aromatic heterocycles. The molecule has 0 aliphatic rings. The number of tetrazole rings is 2. The van der Waals surface area contributed by atoms with Gasteiger partial charge >= 0.3 is 6.18 Å². The van der Waals surface area contributed by atoms with Crippen molar-refractivity contribution in [3.63, 3.8) is 0 Å². The standard InChI is InChI=1S/C11H9F3N8/c1-7-15-17-19-21(7)6-10-16-18-20-22(10)9-4-2-8(3-5-9)11(12,13)14/h2-5H,6H2,1H3. The Hall–Kier alpha value is -2.85. The van der Waals surface area contributed by atoms with Gasteiger partial charge in [0, 0.05) is 0 Å². The van der Waals surface area contributed by atoms with E-state index in [-0.39, 0.29) is 6.54 Å². The lowest BCUT2D eigenvalue weighted by atomic mass is 10.2. The third-order valence-electron chi connectivity index (χ3n) is 2.98. The van der Waals surface area contributed by atoms with E-state index >= 15 is 0 Å². The summed E-state index contributed by atoms with van der Waals surface area (Å²) in [7, 11) is 0. The van der Waals surface area contributed by atoms with Gasteiger partial charge in [-0.05, 0) is 52.0 Å². The summed E-state index contributed by atoms with van der Waals surface area (Å²) in [5.41, 5.74) is -0.319. The normalized spacial score (nSPS) is 11.8. The van der Waals surface area contributed by atoms with Crippen LogP contribution in [0.15, 0.2) is 24.3 Å². The molecular formula is C11H9F3N8. The summed E-state index contributed by atoms with van der Waals surface area (Å²) in [6, 6.07) is 4.55. The summed E-state index contributed by atoms with van der Waals surface area (Å²) in [4.78, 5) is 0. The number of rotatable bonds is 3. The molecule has 22 heavy (non-hydrogen) atoms. The molecule has 0 radical (unpaired) electrons. The molecule has 2 heterocycles. The third-order valence-corrected chi connectivity index (χ3v) is 2.98. The second-order valence-corrected chi connectivity index (χ2v) is 4.44. The largest absolute Gasteiger partial charge is 0.416 e. The number of hydrogen-bond acceptors (Lipinski definition) is 6. The molecule has 3 rings (SSSR count). The van der Waals surface area contributed by atoms with Gasteiger partial charge in [0.15, 0.2) is 5.82 Å². The predicted octanol–water partition coefficient (Wildman–Crippen LogP) is 1.02. The number of aromatic nitrogens is 8. The molecule has 0 N–H and O–H groups in total. The maximum absolute atomic E-state index is 12.6. The first kappa shape index (κ1) is 14.1. The van der Waals surface area contributed by atoms with E-state index < -0.39 is 11.7 Å². The molecule has 11 heteroatoms. The van der Waals surface area contributed by atoms with Gasteiger partial charge in [-0.25, -0.2) is 4.68 Å². The minimum absolute atomic E-state index is 0.201. The molecule has 1 aromatic carbocycles. The molecule has 114 valence electrons. The van der Waals surface area contributed by atoms with Crippen LogP contribution >= 0.6 is 0 Å². The monoisotopic (exact) mass is 310 g/mol. The van der Waals surface area contributed by atoms with Crippen LogP contribution < -0.4 is 0 Å². The SMILES string of the molecule is Cc1nnnn1Cc1nnnn1-c1ccc(C(F)(F)F)cc1. The zero-order valence-corrected chi connectivity index (χ0v) is 11.2. The van der Waals surface area contributed by atoms with E-state index in [1.54, 1.807) is 6.92 Å². The molecule has 3 aromatic rings. The van der Waals surface area contributed by atoms with Crippen molar-refractivity contribution in [3.8, 4) is 5.69 Å². The van der Waals surface area contributed by atoms with Gasteiger partial charge in [0.05, 0.1) is 11.3 Å². The molecule has 0 amide bonds. The maximum atomic E-state index is 12.6. The highest BCUT2D eigenvalue weighted by Gasteiger charge is 2.30. The van der Waals surface area contributed by atoms with Crippen molar-refractivity contribution < 1.29 is 13.2 Å². The first-order valence-corrected chi connectivity index (χ1v) is 6.13. The summed E-state index contributed by atoms with van der Waals surface area (Å²) in [5.74, 6) is 0.970. The van der Waals surface area contributed by atoms with Gasteiger partial charge in [0.25, 0.3) is 0 Å². The van der Waals surface area contributed by atoms with Gasteiger partial charge < -0.3 is 0 Å². The van der Waals surface area contributed by atoms with Crippen molar-refractivity contribution in [2.75, 3.05) is 0 Å². The van der Waals surface area contributed by atoms with E-state index in [1.165, 1.54) is 21.5 Å². The lowest BCUT2D eigenvalue weighted by Gasteiger charge is -2.08. The summed E-state index contributed by atoms with van der Waals surface area (Å²) in [6.45, 7) is 1.92. The van der Waals surface area contributed by atoms with Crippen LogP contribution in [-0.2, 0) is 12.7 Å². The molecule has 0 bridgehead atoms. The van der Waals surface area contributed by atoms with Crippen LogP contribution in [0.1, 0.15) is 17.2 Å². The molecule has 0 aliphatic carbocycles. The highest BCUT2D eigenvalue weighted by atomic mass is 19.4. The van der Waals surface area contributed by atoms with E-state index in [1.807, 2.05) is 0 Å². The fourth-order valence-corrected chi connectivity index (χ4v) is 1.83. The first-order valence-electron chi connectivity index (χ1n) is 6.13. The average Bonchev–Trinajstić information content (AvgIpc) is 3.09. The van der Waals surface area contributed by atoms with Crippen LogP contribution in [0.4, 0.5) is 13.2 Å². The van der Waals surface area contributed by atoms with Crippen molar-refractivity contribution >= 4 is 0 Å². The molecule has 0 fully saturated rings. The van der Waals surface area contributed by atoms with E-state index in [9.17, 15) is 13.2 Å². The molecule has 8 nitrogen and oxygen atoms in total. The van der Waals surface area contributed by atoms with E-state index in [0.29, 0.717) is 17.3 Å². The van der Waals surface area contributed by atoms with E-state index in [4.69, 9.17) is 0 Å². The fraction of sp³-hybridized carbons (Fsp3) is 0.273. The Morgan fingerprint density at radius 1 is 1.00 bits per heavy atom. The Bertz CT molecular complexity index is 773. The van der Waals surface area contributed by atoms with Gasteiger partial charge in [0.1, 0.15) is 12.4 Å². The molecule has 0 atom stereocenters. The Labute approximate surface area is 121 Å². The summed E-state index contributed by atoms with van der Waals surface area (Å²) in [6.07, 6.45) is -4.38. The van der Waals surface area contributed by atoms with E-state index in [0.717, 1.165) is 12.1 Å². The number of hydrogen-bond donors (Lipinski definition) is 0. The molecule has 0 aliphatic heterocycles. The van der Waals surface area contributed by atoms with Gasteiger partial charge in [-0.3, -0.25) is 0 Å². The molecule has 0 saturated carbocycles. The molecule has 0 saturated heterocycles. The van der Waals surface area contributed by atoms with Crippen LogP contribution in [0.5, 0.6) is 0 Å². The summed E-state index contributed by atoms with van der Waals surface area (Å²) in [5, 5.41) is 22.2. The van der Waals surface area contributed by atoms with Gasteiger partial charge in [-0.15, -0.1) is 10.2 Å². The van der Waals surface area contributed by atoms with Crippen LogP contribution in [0.25, 0.3) is 5.69 Å². The third kappa shape index (κ3) is 2.64. The van der Waals surface area contributed by atoms with Gasteiger partial charge in [-0.1, -0.05) is 0 Å². The smallest absolute Gasteiger partial charge is 0.222 e. The van der Waals surface area contributed by atoms with Gasteiger partial charge in [-0.2, -0.15) is 17.9 Å². The van der Waals surface area contributed by atoms with Crippen molar-refractivity contribution in [2.24, 2.45) is 0 Å². The minimum atomic E-state index is -4.38. The van der Waals surface area contributed by atoms with Crippen molar-refractivity contribution in [2.45, 2.75) is 19.6 Å². The lowest BCUT2D eigenvalue weighted by Crippen LogP contribution is -2.11. The summed E-state index contributed by atoms with van der Waals surface area (Å²) >= 11 is 0. The highest BCUT2D eigenvalue weighted by molar-refractivity contribution is 5.35. The second-order valence-electron chi connectivity index (χ2n) is 4.44. The van der Waals surface area contributed by atoms with Crippen molar-refractivity contribution in [1.82, 2.24) is 40.4 Å². The van der Waals surface area contributed by atoms with Crippen LogP contribution in [0.3, 0.4) is 0 Å². The topological polar surface area (TPSA) is 87.2 Å². The summed E-state index contributed by atoms with van der Waals surface area (Å²) < 4.78 is 40.5. The van der Waals surface area contributed by atoms with Crippen LogP contribution in [-0.4, -0.2) is 40.4 Å². The Kier molecular flexibility index (Phi) is 3.31. The Balaban J connectivity index is 1.90. The Morgan fingerprint density at radius 3 is 2.27 bits per heavy atom. The lowest BCUT2D eigenvalue weighted by molar-refractivity contribution is -0.137. The molecular weight excluding hydrogens is 301 g/mol. The van der Waals surface area contributed by atoms with Crippen molar-refractivity contribution in [1.29, 1.82) is 0 Å².